The van der Waals surface area contributed by atoms with Crippen molar-refractivity contribution in [1.29, 1.82) is 0 Å². The third-order valence-electron chi connectivity index (χ3n) is 4.39. The molecule has 2 aliphatic rings. The third kappa shape index (κ3) is 2.76. The highest BCUT2D eigenvalue weighted by Crippen LogP contribution is 2.39. The molecule has 0 amide bonds. The largest absolute Gasteiger partial charge is 0.339 e. The third-order valence-corrected chi connectivity index (χ3v) is 4.39. The van der Waals surface area contributed by atoms with Gasteiger partial charge in [-0.1, -0.05) is 0 Å². The number of hydrogen-bond donors (Lipinski definition) is 3. The zero-order valence-electron chi connectivity index (χ0n) is 12.7. The zero-order chi connectivity index (χ0) is 14.9. The predicted octanol–water partition coefficient (Wildman–Crippen LogP) is 1.62. The second-order valence-corrected chi connectivity index (χ2v) is 6.07. The predicted molar refractivity (Wildman–Crippen MR) is 85.6 cm³/mol. The van der Waals surface area contributed by atoms with Gasteiger partial charge in [-0.3, -0.25) is 5.10 Å². The number of aromatic amines is 1. The molecule has 1 saturated heterocycles. The summed E-state index contributed by atoms with van der Waals surface area (Å²) in [6.45, 7) is 1.94. The fraction of sp³-hybridized carbons (Fsp3) is 0.533. The maximum absolute atomic E-state index is 4.61. The molecule has 1 saturated carbocycles. The lowest BCUT2D eigenvalue weighted by Gasteiger charge is -2.16. The van der Waals surface area contributed by atoms with E-state index in [-0.39, 0.29) is 0 Å². The van der Waals surface area contributed by atoms with Crippen LogP contribution in [0.5, 0.6) is 0 Å². The van der Waals surface area contributed by atoms with Crippen LogP contribution in [0.1, 0.15) is 30.9 Å². The van der Waals surface area contributed by atoms with Gasteiger partial charge in [0.05, 0.1) is 0 Å². The van der Waals surface area contributed by atoms with Crippen LogP contribution in [0.4, 0.5) is 17.6 Å². The van der Waals surface area contributed by atoms with Gasteiger partial charge in [0.2, 0.25) is 5.95 Å². The molecule has 0 bridgehead atoms. The standard InChI is InChI=1S/C15H21N7/c1-16-11-5-7-22(9-11)15-17-6-4-13(19-15)18-14-8-12(20-21-14)10-2-3-10/h4,6,8,10-11,16H,2-3,5,7,9H2,1H3,(H2,17,18,19,20,21)/t11-/m1/s1. The van der Waals surface area contributed by atoms with E-state index in [0.29, 0.717) is 12.0 Å². The Hall–Kier alpha value is -2.15. The topological polar surface area (TPSA) is 81.8 Å². The van der Waals surface area contributed by atoms with Crippen molar-refractivity contribution in [3.05, 3.63) is 24.0 Å². The van der Waals surface area contributed by atoms with Crippen molar-refractivity contribution in [2.45, 2.75) is 31.2 Å². The summed E-state index contributed by atoms with van der Waals surface area (Å²) < 4.78 is 0. The molecule has 0 unspecified atom stereocenters. The van der Waals surface area contributed by atoms with Crippen LogP contribution in [-0.2, 0) is 0 Å². The fourth-order valence-electron chi connectivity index (χ4n) is 2.88. The van der Waals surface area contributed by atoms with Crippen LogP contribution >= 0.6 is 0 Å². The zero-order valence-corrected chi connectivity index (χ0v) is 12.7. The summed E-state index contributed by atoms with van der Waals surface area (Å²) in [6.07, 6.45) is 5.45. The number of nitrogens with zero attached hydrogens (tertiary/aromatic N) is 4. The van der Waals surface area contributed by atoms with Crippen molar-refractivity contribution in [2.75, 3.05) is 30.4 Å². The van der Waals surface area contributed by atoms with Gasteiger partial charge in [-0.15, -0.1) is 0 Å². The highest BCUT2D eigenvalue weighted by Gasteiger charge is 2.26. The van der Waals surface area contributed by atoms with Crippen LogP contribution in [0.3, 0.4) is 0 Å². The Kier molecular flexibility index (Phi) is 3.42. The summed E-state index contributed by atoms with van der Waals surface area (Å²) in [4.78, 5) is 11.2. The van der Waals surface area contributed by atoms with E-state index in [1.807, 2.05) is 13.1 Å². The van der Waals surface area contributed by atoms with Crippen LogP contribution < -0.4 is 15.5 Å². The average molecular weight is 299 g/mol. The molecule has 2 aromatic heterocycles. The summed E-state index contributed by atoms with van der Waals surface area (Å²) in [5.74, 6) is 3.06. The number of nitrogens with one attached hydrogen (secondary N) is 3. The molecule has 0 radical (unpaired) electrons. The summed E-state index contributed by atoms with van der Waals surface area (Å²) >= 11 is 0. The molecule has 22 heavy (non-hydrogen) atoms. The molecule has 3 heterocycles. The minimum atomic E-state index is 0.521. The molecule has 116 valence electrons. The van der Waals surface area contributed by atoms with Gasteiger partial charge in [-0.25, -0.2) is 4.98 Å². The molecule has 7 nitrogen and oxygen atoms in total. The molecule has 1 atom stereocenters. The first-order valence-electron chi connectivity index (χ1n) is 7.89. The van der Waals surface area contributed by atoms with E-state index in [9.17, 15) is 0 Å². The molecule has 0 spiro atoms. The summed E-state index contributed by atoms with van der Waals surface area (Å²) in [6, 6.07) is 4.47. The Balaban J connectivity index is 1.46. The van der Waals surface area contributed by atoms with Crippen LogP contribution in [0.15, 0.2) is 18.3 Å². The monoisotopic (exact) mass is 299 g/mol. The minimum Gasteiger partial charge on any atom is -0.339 e. The Morgan fingerprint density at radius 3 is 2.95 bits per heavy atom. The lowest BCUT2D eigenvalue weighted by Crippen LogP contribution is -2.30. The van der Waals surface area contributed by atoms with Gasteiger partial charge in [0.25, 0.3) is 0 Å². The lowest BCUT2D eigenvalue weighted by molar-refractivity contribution is 0.616. The second-order valence-electron chi connectivity index (χ2n) is 6.07. The van der Waals surface area contributed by atoms with Gasteiger partial charge in [0, 0.05) is 43.0 Å². The van der Waals surface area contributed by atoms with E-state index in [2.05, 4.69) is 41.8 Å². The van der Waals surface area contributed by atoms with Gasteiger partial charge < -0.3 is 15.5 Å². The Labute approximate surface area is 129 Å². The summed E-state index contributed by atoms with van der Waals surface area (Å²) in [5, 5.41) is 14.0. The minimum absolute atomic E-state index is 0.521. The van der Waals surface area contributed by atoms with Crippen molar-refractivity contribution in [1.82, 2.24) is 25.5 Å². The van der Waals surface area contributed by atoms with E-state index in [0.717, 1.165) is 37.1 Å². The van der Waals surface area contributed by atoms with E-state index < -0.39 is 0 Å². The number of anilines is 3. The van der Waals surface area contributed by atoms with Gasteiger partial charge in [0.1, 0.15) is 5.82 Å². The van der Waals surface area contributed by atoms with Gasteiger partial charge in [-0.2, -0.15) is 10.1 Å². The van der Waals surface area contributed by atoms with Gasteiger partial charge in [-0.05, 0) is 32.4 Å². The van der Waals surface area contributed by atoms with E-state index in [1.54, 1.807) is 6.20 Å². The number of rotatable bonds is 5. The molecule has 1 aliphatic carbocycles. The van der Waals surface area contributed by atoms with Crippen molar-refractivity contribution < 1.29 is 0 Å². The normalized spacial score (nSPS) is 21.3. The lowest BCUT2D eigenvalue weighted by atomic mass is 10.3. The fourth-order valence-corrected chi connectivity index (χ4v) is 2.88. The van der Waals surface area contributed by atoms with Crippen molar-refractivity contribution in [3.63, 3.8) is 0 Å². The number of aromatic nitrogens is 4. The molecule has 0 aromatic carbocycles. The summed E-state index contributed by atoms with van der Waals surface area (Å²) in [5.41, 5.74) is 1.22. The molecule has 3 N–H and O–H groups in total. The molecular formula is C15H21N7. The number of hydrogen-bond acceptors (Lipinski definition) is 6. The van der Waals surface area contributed by atoms with E-state index >= 15 is 0 Å². The van der Waals surface area contributed by atoms with Gasteiger partial charge >= 0.3 is 0 Å². The number of H-pyrrole nitrogens is 1. The highest BCUT2D eigenvalue weighted by molar-refractivity contribution is 5.53. The maximum Gasteiger partial charge on any atom is 0.227 e. The average Bonchev–Trinajstić information content (AvgIpc) is 3.10. The first-order chi connectivity index (χ1) is 10.8. The van der Waals surface area contributed by atoms with Crippen molar-refractivity contribution in [3.8, 4) is 0 Å². The molecule has 4 rings (SSSR count). The Morgan fingerprint density at radius 2 is 2.18 bits per heavy atom. The Bertz CT molecular complexity index is 649. The van der Waals surface area contributed by atoms with Crippen molar-refractivity contribution in [2.24, 2.45) is 0 Å². The first kappa shape index (κ1) is 13.5. The summed E-state index contributed by atoms with van der Waals surface area (Å²) in [7, 11) is 2.00. The van der Waals surface area contributed by atoms with Crippen LogP contribution in [-0.4, -0.2) is 46.3 Å². The highest BCUT2D eigenvalue weighted by atomic mass is 15.3. The quantitative estimate of drug-likeness (QED) is 0.778. The number of likely N-dealkylation sites (N-methyl/N-ethyl adjacent to an activating group) is 1. The van der Waals surface area contributed by atoms with Crippen LogP contribution in [0.25, 0.3) is 0 Å². The van der Waals surface area contributed by atoms with E-state index in [4.69, 9.17) is 0 Å². The van der Waals surface area contributed by atoms with Gasteiger partial charge in [0.15, 0.2) is 5.82 Å². The Morgan fingerprint density at radius 1 is 1.27 bits per heavy atom. The molecule has 2 fully saturated rings. The van der Waals surface area contributed by atoms with Crippen LogP contribution in [0, 0.1) is 0 Å². The molecule has 7 heteroatoms. The molecule has 1 aliphatic heterocycles. The van der Waals surface area contributed by atoms with Crippen LogP contribution in [0.2, 0.25) is 0 Å². The molecular weight excluding hydrogens is 278 g/mol. The van der Waals surface area contributed by atoms with Crippen molar-refractivity contribution >= 4 is 17.6 Å². The first-order valence-corrected chi connectivity index (χ1v) is 7.89. The second kappa shape index (κ2) is 5.57. The smallest absolute Gasteiger partial charge is 0.227 e. The van der Waals surface area contributed by atoms with E-state index in [1.165, 1.54) is 18.5 Å². The SMILES string of the molecule is CN[C@@H]1CCN(c2nccc(Nc3cc(C4CC4)[nH]n3)n2)C1. The molecule has 2 aromatic rings. The maximum atomic E-state index is 4.61.